The second-order valence-corrected chi connectivity index (χ2v) is 4.39. The number of hydrogen-bond donors (Lipinski definition) is 1. The largest absolute Gasteiger partial charge is 0.481 e. The quantitative estimate of drug-likeness (QED) is 0.832. The molecule has 88 valence electrons. The van der Waals surface area contributed by atoms with Crippen LogP contribution in [0.4, 0.5) is 0 Å². The molecule has 1 aromatic carbocycles. The summed E-state index contributed by atoms with van der Waals surface area (Å²) >= 11 is 0. The van der Waals surface area contributed by atoms with Gasteiger partial charge in [0.15, 0.2) is 0 Å². The van der Waals surface area contributed by atoms with Crippen LogP contribution >= 0.6 is 0 Å². The van der Waals surface area contributed by atoms with Gasteiger partial charge in [0.25, 0.3) is 0 Å². The van der Waals surface area contributed by atoms with E-state index in [0.717, 1.165) is 5.56 Å². The fraction of sp³-hybridized carbons (Fsp3) is 0.462. The Morgan fingerprint density at radius 1 is 1.50 bits per heavy atom. The molecule has 16 heavy (non-hydrogen) atoms. The lowest BCUT2D eigenvalue weighted by Crippen LogP contribution is -2.33. The minimum absolute atomic E-state index is 0.0114. The van der Waals surface area contributed by atoms with Crippen LogP contribution in [0.5, 0.6) is 0 Å². The lowest BCUT2D eigenvalue weighted by Gasteiger charge is -2.26. The van der Waals surface area contributed by atoms with Gasteiger partial charge in [-0.25, -0.2) is 0 Å². The van der Waals surface area contributed by atoms with Gasteiger partial charge in [-0.15, -0.1) is 0 Å². The van der Waals surface area contributed by atoms with E-state index in [9.17, 15) is 4.79 Å². The fourth-order valence-electron chi connectivity index (χ4n) is 1.78. The molecule has 3 nitrogen and oxygen atoms in total. The molecule has 0 fully saturated rings. The summed E-state index contributed by atoms with van der Waals surface area (Å²) in [5, 5.41) is 8.83. The number of aliphatic carboxylic acids is 1. The second-order valence-electron chi connectivity index (χ2n) is 4.39. The van der Waals surface area contributed by atoms with E-state index in [0.29, 0.717) is 6.42 Å². The van der Waals surface area contributed by atoms with Crippen molar-refractivity contribution in [3.8, 4) is 0 Å². The number of aryl methyl sites for hydroxylation is 1. The second kappa shape index (κ2) is 5.12. The lowest BCUT2D eigenvalue weighted by molar-refractivity contribution is -0.143. The van der Waals surface area contributed by atoms with Crippen LogP contribution in [0.2, 0.25) is 0 Å². The standard InChI is InChI=1S/C13H18O3/c1-10-5-4-6-11(7-10)8-13(2,16-3)9-12(14)15/h4-7H,8-9H2,1-3H3,(H,14,15). The summed E-state index contributed by atoms with van der Waals surface area (Å²) in [5.41, 5.74) is 1.64. The van der Waals surface area contributed by atoms with Gasteiger partial charge in [-0.1, -0.05) is 29.8 Å². The molecule has 0 bridgehead atoms. The summed E-state index contributed by atoms with van der Waals surface area (Å²) in [6.45, 7) is 3.84. The van der Waals surface area contributed by atoms with Gasteiger partial charge in [0, 0.05) is 13.5 Å². The van der Waals surface area contributed by atoms with E-state index in [1.807, 2.05) is 32.0 Å². The normalized spacial score (nSPS) is 14.4. The Morgan fingerprint density at radius 3 is 2.69 bits per heavy atom. The van der Waals surface area contributed by atoms with Gasteiger partial charge in [0.1, 0.15) is 0 Å². The Hall–Kier alpha value is -1.35. The van der Waals surface area contributed by atoms with Gasteiger partial charge in [-0.05, 0) is 19.4 Å². The van der Waals surface area contributed by atoms with E-state index < -0.39 is 11.6 Å². The van der Waals surface area contributed by atoms with E-state index in [2.05, 4.69) is 6.07 Å². The molecular weight excluding hydrogens is 204 g/mol. The van der Waals surface area contributed by atoms with E-state index in [4.69, 9.17) is 9.84 Å². The first kappa shape index (κ1) is 12.7. The molecule has 0 aliphatic carbocycles. The van der Waals surface area contributed by atoms with Crippen molar-refractivity contribution < 1.29 is 14.6 Å². The number of carboxylic acid groups (broad SMARTS) is 1. The minimum atomic E-state index is -0.836. The molecule has 1 rings (SSSR count). The zero-order valence-electron chi connectivity index (χ0n) is 9.99. The number of benzene rings is 1. The SMILES string of the molecule is COC(C)(CC(=O)O)Cc1cccc(C)c1. The van der Waals surface area contributed by atoms with Crippen LogP contribution < -0.4 is 0 Å². The first-order valence-electron chi connectivity index (χ1n) is 5.28. The molecule has 0 radical (unpaired) electrons. The Labute approximate surface area is 96.1 Å². The van der Waals surface area contributed by atoms with Crippen LogP contribution in [0.15, 0.2) is 24.3 Å². The van der Waals surface area contributed by atoms with Crippen molar-refractivity contribution in [1.82, 2.24) is 0 Å². The molecule has 0 saturated heterocycles. The van der Waals surface area contributed by atoms with E-state index in [1.165, 1.54) is 5.56 Å². The third kappa shape index (κ3) is 3.66. The Balaban J connectivity index is 2.80. The monoisotopic (exact) mass is 222 g/mol. The Morgan fingerprint density at radius 2 is 2.19 bits per heavy atom. The zero-order valence-corrected chi connectivity index (χ0v) is 9.99. The maximum Gasteiger partial charge on any atom is 0.306 e. The maximum atomic E-state index is 10.8. The van der Waals surface area contributed by atoms with Crippen molar-refractivity contribution in [2.24, 2.45) is 0 Å². The molecule has 1 atom stereocenters. The van der Waals surface area contributed by atoms with Crippen molar-refractivity contribution in [2.45, 2.75) is 32.3 Å². The summed E-state index contributed by atoms with van der Waals surface area (Å²) in [6, 6.07) is 8.04. The van der Waals surface area contributed by atoms with Crippen LogP contribution in [0.1, 0.15) is 24.5 Å². The van der Waals surface area contributed by atoms with Gasteiger partial charge in [-0.3, -0.25) is 4.79 Å². The van der Waals surface area contributed by atoms with Crippen LogP contribution in [-0.4, -0.2) is 23.8 Å². The molecule has 0 aromatic heterocycles. The highest BCUT2D eigenvalue weighted by Crippen LogP contribution is 2.21. The van der Waals surface area contributed by atoms with Crippen molar-refractivity contribution in [3.63, 3.8) is 0 Å². The first-order valence-corrected chi connectivity index (χ1v) is 5.28. The van der Waals surface area contributed by atoms with Gasteiger partial charge >= 0.3 is 5.97 Å². The molecule has 0 saturated carbocycles. The lowest BCUT2D eigenvalue weighted by atomic mass is 9.92. The average molecular weight is 222 g/mol. The summed E-state index contributed by atoms with van der Waals surface area (Å²) in [7, 11) is 1.55. The number of carboxylic acids is 1. The smallest absolute Gasteiger partial charge is 0.306 e. The number of ether oxygens (including phenoxy) is 1. The van der Waals surface area contributed by atoms with Crippen LogP contribution in [0, 0.1) is 6.92 Å². The molecule has 0 aliphatic heterocycles. The van der Waals surface area contributed by atoms with Crippen molar-refractivity contribution in [3.05, 3.63) is 35.4 Å². The molecule has 1 N–H and O–H groups in total. The molecule has 0 spiro atoms. The number of methoxy groups -OCH3 is 1. The molecule has 1 unspecified atom stereocenters. The number of rotatable bonds is 5. The summed E-state index contributed by atoms with van der Waals surface area (Å²) in [5.74, 6) is -0.836. The number of hydrogen-bond acceptors (Lipinski definition) is 2. The molecule has 3 heteroatoms. The van der Waals surface area contributed by atoms with Gasteiger partial charge < -0.3 is 9.84 Å². The van der Waals surface area contributed by atoms with Crippen LogP contribution in [-0.2, 0) is 16.0 Å². The average Bonchev–Trinajstić information content (AvgIpc) is 2.16. The highest BCUT2D eigenvalue weighted by molar-refractivity contribution is 5.68. The van der Waals surface area contributed by atoms with Gasteiger partial charge in [-0.2, -0.15) is 0 Å². The predicted molar refractivity (Wildman–Crippen MR) is 62.5 cm³/mol. The van der Waals surface area contributed by atoms with Crippen LogP contribution in [0.3, 0.4) is 0 Å². The summed E-state index contributed by atoms with van der Waals surface area (Å²) in [4.78, 5) is 10.8. The Bertz CT molecular complexity index is 373. The van der Waals surface area contributed by atoms with E-state index in [-0.39, 0.29) is 6.42 Å². The third-order valence-corrected chi connectivity index (χ3v) is 2.68. The molecule has 1 aromatic rings. The first-order chi connectivity index (χ1) is 7.45. The highest BCUT2D eigenvalue weighted by atomic mass is 16.5. The van der Waals surface area contributed by atoms with Crippen molar-refractivity contribution in [1.29, 1.82) is 0 Å². The summed E-state index contributed by atoms with van der Waals surface area (Å²) in [6.07, 6.45) is 0.620. The van der Waals surface area contributed by atoms with Gasteiger partial charge in [0.05, 0.1) is 12.0 Å². The van der Waals surface area contributed by atoms with Gasteiger partial charge in [0.2, 0.25) is 0 Å². The predicted octanol–water partition coefficient (Wildman–Crippen LogP) is 2.42. The summed E-state index contributed by atoms with van der Waals surface area (Å²) < 4.78 is 5.31. The van der Waals surface area contributed by atoms with E-state index in [1.54, 1.807) is 7.11 Å². The number of carbonyl (C=O) groups is 1. The third-order valence-electron chi connectivity index (χ3n) is 2.68. The molecular formula is C13H18O3. The minimum Gasteiger partial charge on any atom is -0.481 e. The maximum absolute atomic E-state index is 10.8. The van der Waals surface area contributed by atoms with E-state index >= 15 is 0 Å². The fourth-order valence-corrected chi connectivity index (χ4v) is 1.78. The van der Waals surface area contributed by atoms with Crippen LogP contribution in [0.25, 0.3) is 0 Å². The topological polar surface area (TPSA) is 46.5 Å². The van der Waals surface area contributed by atoms with Crippen molar-refractivity contribution >= 4 is 5.97 Å². The molecule has 0 amide bonds. The highest BCUT2D eigenvalue weighted by Gasteiger charge is 2.27. The Kier molecular flexibility index (Phi) is 4.07. The van der Waals surface area contributed by atoms with Crippen molar-refractivity contribution in [2.75, 3.05) is 7.11 Å². The zero-order chi connectivity index (χ0) is 12.2. The molecule has 0 aliphatic rings. The molecule has 0 heterocycles.